The maximum atomic E-state index is 12.8. The lowest BCUT2D eigenvalue weighted by molar-refractivity contribution is -0.142. The molecule has 1 aromatic carbocycles. The van der Waals surface area contributed by atoms with E-state index in [1.807, 2.05) is 0 Å². The number of aromatic nitrogens is 1. The maximum absolute atomic E-state index is 12.8. The van der Waals surface area contributed by atoms with Crippen LogP contribution in [-0.2, 0) is 19.1 Å². The average molecular weight is 459 g/mol. The van der Waals surface area contributed by atoms with Crippen LogP contribution in [0.15, 0.2) is 29.1 Å². The molecular formula is C21H21N3O9. The standard InChI is InChI=1S/C21H21N3O9/c1-30-16(26)5-7-32-11-3-4-14(33-8-6-17(27)31-2)13(9-11)24-15(25)10-12-18(19(24)22)21(29)23-20(12)28/h3-4,9-10H,5-8,22H2,1-2H3,(H,23,28,29). The van der Waals surface area contributed by atoms with Crippen LogP contribution in [0.5, 0.6) is 11.5 Å². The molecule has 1 aliphatic rings. The molecule has 0 unspecified atom stereocenters. The Kier molecular flexibility index (Phi) is 6.96. The summed E-state index contributed by atoms with van der Waals surface area (Å²) in [5, 5.41) is 2.09. The number of esters is 2. The molecule has 12 nitrogen and oxygen atoms in total. The number of imide groups is 1. The van der Waals surface area contributed by atoms with Gasteiger partial charge in [0.1, 0.15) is 17.3 Å². The van der Waals surface area contributed by atoms with Gasteiger partial charge in [0.2, 0.25) is 0 Å². The van der Waals surface area contributed by atoms with Crippen molar-refractivity contribution in [3.63, 3.8) is 0 Å². The second kappa shape index (κ2) is 9.85. The van der Waals surface area contributed by atoms with Crippen LogP contribution in [0.4, 0.5) is 5.82 Å². The largest absolute Gasteiger partial charge is 0.493 e. The van der Waals surface area contributed by atoms with Gasteiger partial charge in [-0.3, -0.25) is 33.9 Å². The summed E-state index contributed by atoms with van der Waals surface area (Å²) in [6, 6.07) is 5.42. The number of ether oxygens (including phenoxy) is 4. The van der Waals surface area contributed by atoms with Gasteiger partial charge < -0.3 is 24.7 Å². The minimum absolute atomic E-state index is 0.000133. The summed E-state index contributed by atoms with van der Waals surface area (Å²) < 4.78 is 21.3. The van der Waals surface area contributed by atoms with E-state index in [0.29, 0.717) is 0 Å². The Morgan fingerprint density at radius 1 is 0.939 bits per heavy atom. The fraction of sp³-hybridized carbons (Fsp3) is 0.286. The van der Waals surface area contributed by atoms with Gasteiger partial charge in [-0.1, -0.05) is 0 Å². The predicted molar refractivity (Wildman–Crippen MR) is 113 cm³/mol. The van der Waals surface area contributed by atoms with Crippen molar-refractivity contribution in [2.75, 3.05) is 33.2 Å². The first-order valence-electron chi connectivity index (χ1n) is 9.71. The van der Waals surface area contributed by atoms with Gasteiger partial charge in [-0.15, -0.1) is 0 Å². The van der Waals surface area contributed by atoms with Crippen LogP contribution >= 0.6 is 0 Å². The molecule has 0 spiro atoms. The first-order chi connectivity index (χ1) is 15.8. The Bertz CT molecular complexity index is 1190. The van der Waals surface area contributed by atoms with Gasteiger partial charge in [0, 0.05) is 12.1 Å². The molecule has 3 N–H and O–H groups in total. The van der Waals surface area contributed by atoms with Crippen molar-refractivity contribution >= 4 is 29.6 Å². The number of hydrogen-bond acceptors (Lipinski definition) is 10. The molecule has 0 bridgehead atoms. The number of rotatable bonds is 9. The lowest BCUT2D eigenvalue weighted by Gasteiger charge is -2.17. The topological polar surface area (TPSA) is 165 Å². The van der Waals surface area contributed by atoms with Gasteiger partial charge in [0.15, 0.2) is 0 Å². The monoisotopic (exact) mass is 459 g/mol. The molecule has 174 valence electrons. The highest BCUT2D eigenvalue weighted by Crippen LogP contribution is 2.31. The van der Waals surface area contributed by atoms with Crippen LogP contribution in [0.1, 0.15) is 33.6 Å². The van der Waals surface area contributed by atoms with E-state index in [9.17, 15) is 24.0 Å². The van der Waals surface area contributed by atoms with E-state index in [4.69, 9.17) is 15.2 Å². The van der Waals surface area contributed by atoms with E-state index in [1.165, 1.54) is 32.4 Å². The number of hydrogen-bond donors (Lipinski definition) is 2. The molecule has 33 heavy (non-hydrogen) atoms. The molecule has 1 aromatic heterocycles. The van der Waals surface area contributed by atoms with Crippen molar-refractivity contribution in [1.29, 1.82) is 0 Å². The summed E-state index contributed by atoms with van der Waals surface area (Å²) >= 11 is 0. The number of anilines is 1. The number of nitrogens with two attached hydrogens (primary N) is 1. The van der Waals surface area contributed by atoms with Crippen LogP contribution < -0.4 is 26.1 Å². The lowest BCUT2D eigenvalue weighted by atomic mass is 10.1. The molecule has 12 heteroatoms. The number of nitrogens with zero attached hydrogens (tertiary/aromatic N) is 1. The van der Waals surface area contributed by atoms with Gasteiger partial charge in [0.05, 0.1) is 57.1 Å². The maximum Gasteiger partial charge on any atom is 0.308 e. The van der Waals surface area contributed by atoms with Crippen LogP contribution in [0.3, 0.4) is 0 Å². The number of pyridine rings is 1. The van der Waals surface area contributed by atoms with Gasteiger partial charge >= 0.3 is 11.9 Å². The smallest absolute Gasteiger partial charge is 0.308 e. The van der Waals surface area contributed by atoms with Crippen molar-refractivity contribution < 1.29 is 38.1 Å². The SMILES string of the molecule is COC(=O)CCOc1ccc(OCCC(=O)OC)c(-n2c(N)c3c(cc2=O)C(=O)NC3=O)c1. The summed E-state index contributed by atoms with van der Waals surface area (Å²) in [5.74, 6) is -2.28. The Labute approximate surface area is 187 Å². The number of fused-ring (bicyclic) bond motifs is 1. The van der Waals surface area contributed by atoms with E-state index in [1.54, 1.807) is 0 Å². The number of carbonyl (C=O) groups is 4. The molecule has 0 saturated carbocycles. The second-order valence-electron chi connectivity index (χ2n) is 6.75. The molecular weight excluding hydrogens is 438 g/mol. The zero-order valence-electron chi connectivity index (χ0n) is 17.8. The molecule has 2 aromatic rings. The van der Waals surface area contributed by atoms with Crippen LogP contribution in [0, 0.1) is 0 Å². The summed E-state index contributed by atoms with van der Waals surface area (Å²) in [4.78, 5) is 59.7. The molecule has 0 saturated heterocycles. The predicted octanol–water partition coefficient (Wildman–Crippen LogP) is 0.187. The fourth-order valence-electron chi connectivity index (χ4n) is 3.11. The third kappa shape index (κ3) is 4.95. The zero-order valence-corrected chi connectivity index (χ0v) is 17.8. The van der Waals surface area contributed by atoms with Crippen molar-refractivity contribution in [3.8, 4) is 17.2 Å². The highest BCUT2D eigenvalue weighted by atomic mass is 16.5. The first kappa shape index (κ1) is 23.3. The van der Waals surface area contributed by atoms with Crippen LogP contribution in [0.2, 0.25) is 0 Å². The van der Waals surface area contributed by atoms with E-state index >= 15 is 0 Å². The Balaban J connectivity index is 2.02. The first-order valence-corrected chi connectivity index (χ1v) is 9.71. The van der Waals surface area contributed by atoms with Gasteiger partial charge in [-0.05, 0) is 12.1 Å². The van der Waals surface area contributed by atoms with Crippen molar-refractivity contribution in [1.82, 2.24) is 9.88 Å². The highest BCUT2D eigenvalue weighted by Gasteiger charge is 2.32. The minimum Gasteiger partial charge on any atom is -0.493 e. The summed E-state index contributed by atoms with van der Waals surface area (Å²) in [6.07, 6.45) is -0.0643. The van der Waals surface area contributed by atoms with E-state index in [2.05, 4.69) is 14.8 Å². The molecule has 2 amide bonds. The third-order valence-electron chi connectivity index (χ3n) is 4.72. The molecule has 0 fully saturated rings. The molecule has 1 aliphatic heterocycles. The van der Waals surface area contributed by atoms with Crippen molar-refractivity contribution in [2.24, 2.45) is 0 Å². The highest BCUT2D eigenvalue weighted by molar-refractivity contribution is 6.23. The quantitative estimate of drug-likeness (QED) is 0.390. The third-order valence-corrected chi connectivity index (χ3v) is 4.72. The Hall–Kier alpha value is -4.35. The van der Waals surface area contributed by atoms with Crippen molar-refractivity contribution in [3.05, 3.63) is 45.7 Å². The van der Waals surface area contributed by atoms with E-state index < -0.39 is 29.3 Å². The number of benzene rings is 1. The van der Waals surface area contributed by atoms with Gasteiger partial charge in [0.25, 0.3) is 17.4 Å². The number of carbonyl (C=O) groups excluding carboxylic acids is 4. The van der Waals surface area contributed by atoms with E-state index in [0.717, 1.165) is 10.6 Å². The zero-order chi connectivity index (χ0) is 24.1. The number of nitrogens with one attached hydrogen (secondary N) is 1. The Morgan fingerprint density at radius 3 is 2.21 bits per heavy atom. The molecule has 0 radical (unpaired) electrons. The Morgan fingerprint density at radius 2 is 1.58 bits per heavy atom. The minimum atomic E-state index is -0.736. The summed E-state index contributed by atoms with van der Waals surface area (Å²) in [5.41, 5.74) is 5.26. The number of amides is 2. The molecule has 2 heterocycles. The molecule has 0 atom stereocenters. The summed E-state index contributed by atoms with van der Waals surface area (Å²) in [6.45, 7) is -0.0685. The lowest BCUT2D eigenvalue weighted by Crippen LogP contribution is -2.24. The molecule has 3 rings (SSSR count). The van der Waals surface area contributed by atoms with Gasteiger partial charge in [-0.2, -0.15) is 0 Å². The normalized spacial score (nSPS) is 12.1. The average Bonchev–Trinajstić information content (AvgIpc) is 3.07. The van der Waals surface area contributed by atoms with Gasteiger partial charge in [-0.25, -0.2) is 0 Å². The second-order valence-corrected chi connectivity index (χ2v) is 6.75. The molecule has 0 aliphatic carbocycles. The number of nitrogen functional groups attached to an aromatic ring is 1. The van der Waals surface area contributed by atoms with Crippen LogP contribution in [0.25, 0.3) is 5.69 Å². The van der Waals surface area contributed by atoms with E-state index in [-0.39, 0.29) is 60.2 Å². The van der Waals surface area contributed by atoms with Crippen LogP contribution in [-0.4, -0.2) is 55.8 Å². The number of methoxy groups -OCH3 is 2. The summed E-state index contributed by atoms with van der Waals surface area (Å²) in [7, 11) is 2.50. The van der Waals surface area contributed by atoms with Crippen molar-refractivity contribution in [2.45, 2.75) is 12.8 Å². The fourth-order valence-corrected chi connectivity index (χ4v) is 3.11.